The molecular formula is C35H53N7O5. The molecule has 0 radical (unpaired) electrons. The minimum Gasteiger partial charge on any atom is -0.378 e. The molecule has 0 unspecified atom stereocenters. The quantitative estimate of drug-likeness (QED) is 0.153. The molecule has 1 heterocycles. The second kappa shape index (κ2) is 20.3. The Hall–Kier alpha value is -4.00. The standard InChI is InChI=1S/C35H53N7O5/c1-26(2)23-30(32(43)38-29(15-9-10-16-36)34(45)41-19-21-47-22-20-41)39-33(44)31(24-27-11-5-3-6-12-27)40-35(46)42(18-17-37)25-28-13-7-4-8-14-28/h3-8,11-14,26,29-31H,9-10,15-25,36-37H2,1-2H3,(H,38,43)(H,39,44)(H,40,46)/t29-,30-,31-/m1/s1. The van der Waals surface area contributed by atoms with Gasteiger partial charge in [0.1, 0.15) is 18.1 Å². The lowest BCUT2D eigenvalue weighted by Gasteiger charge is -2.32. The number of hydrogen-bond donors (Lipinski definition) is 5. The van der Waals surface area contributed by atoms with Crippen LogP contribution in [0.25, 0.3) is 0 Å². The third-order valence-electron chi connectivity index (χ3n) is 8.02. The molecule has 0 aliphatic carbocycles. The Morgan fingerprint density at radius 3 is 1.98 bits per heavy atom. The number of rotatable bonds is 18. The Kier molecular flexibility index (Phi) is 16.2. The van der Waals surface area contributed by atoms with E-state index in [2.05, 4.69) is 16.0 Å². The van der Waals surface area contributed by atoms with Crippen LogP contribution in [-0.2, 0) is 32.1 Å². The minimum atomic E-state index is -0.973. The molecule has 2 aromatic rings. The summed E-state index contributed by atoms with van der Waals surface area (Å²) in [6.07, 6.45) is 2.39. The van der Waals surface area contributed by atoms with E-state index in [1.54, 1.807) is 9.80 Å². The highest BCUT2D eigenvalue weighted by atomic mass is 16.5. The molecule has 258 valence electrons. The van der Waals surface area contributed by atoms with Gasteiger partial charge in [0.15, 0.2) is 0 Å². The van der Waals surface area contributed by atoms with Gasteiger partial charge in [-0.05, 0) is 49.3 Å². The van der Waals surface area contributed by atoms with Gasteiger partial charge in [-0.25, -0.2) is 4.79 Å². The zero-order valence-corrected chi connectivity index (χ0v) is 27.9. The van der Waals surface area contributed by atoms with Gasteiger partial charge in [0.05, 0.1) is 13.2 Å². The molecule has 1 aliphatic rings. The maximum atomic E-state index is 13.9. The predicted molar refractivity (Wildman–Crippen MR) is 182 cm³/mol. The Morgan fingerprint density at radius 1 is 0.787 bits per heavy atom. The van der Waals surface area contributed by atoms with Crippen molar-refractivity contribution >= 4 is 23.8 Å². The number of amides is 5. The van der Waals surface area contributed by atoms with Gasteiger partial charge < -0.3 is 42.0 Å². The molecule has 5 amide bonds. The Morgan fingerprint density at radius 2 is 1.38 bits per heavy atom. The lowest BCUT2D eigenvalue weighted by Crippen LogP contribution is -2.59. The lowest BCUT2D eigenvalue weighted by molar-refractivity contribution is -0.140. The molecule has 2 aromatic carbocycles. The summed E-state index contributed by atoms with van der Waals surface area (Å²) in [6.45, 7) is 7.09. The Labute approximate surface area is 278 Å². The van der Waals surface area contributed by atoms with Crippen LogP contribution in [0.3, 0.4) is 0 Å². The van der Waals surface area contributed by atoms with E-state index in [9.17, 15) is 19.2 Å². The van der Waals surface area contributed by atoms with Crippen LogP contribution in [-0.4, -0.2) is 97.6 Å². The number of unbranched alkanes of at least 4 members (excludes halogenated alkanes) is 1. The topological polar surface area (TPSA) is 172 Å². The van der Waals surface area contributed by atoms with Crippen molar-refractivity contribution in [2.24, 2.45) is 17.4 Å². The first-order valence-corrected chi connectivity index (χ1v) is 16.7. The van der Waals surface area contributed by atoms with E-state index < -0.39 is 36.0 Å². The van der Waals surface area contributed by atoms with E-state index in [1.165, 1.54) is 0 Å². The van der Waals surface area contributed by atoms with Crippen molar-refractivity contribution in [2.45, 2.75) is 70.6 Å². The van der Waals surface area contributed by atoms with E-state index in [4.69, 9.17) is 16.2 Å². The highest BCUT2D eigenvalue weighted by Gasteiger charge is 2.32. The van der Waals surface area contributed by atoms with E-state index in [0.717, 1.165) is 17.5 Å². The molecule has 3 rings (SSSR count). The summed E-state index contributed by atoms with van der Waals surface area (Å²) >= 11 is 0. The zero-order valence-electron chi connectivity index (χ0n) is 27.9. The molecular weight excluding hydrogens is 598 g/mol. The number of nitrogens with zero attached hydrogens (tertiary/aromatic N) is 2. The van der Waals surface area contributed by atoms with Gasteiger partial charge in [0.2, 0.25) is 17.7 Å². The molecule has 1 fully saturated rings. The fraction of sp³-hybridized carbons (Fsp3) is 0.543. The van der Waals surface area contributed by atoms with Crippen molar-refractivity contribution in [3.05, 3.63) is 71.8 Å². The monoisotopic (exact) mass is 651 g/mol. The van der Waals surface area contributed by atoms with Crippen molar-refractivity contribution in [2.75, 3.05) is 45.9 Å². The maximum absolute atomic E-state index is 13.9. The second-order valence-corrected chi connectivity index (χ2v) is 12.4. The van der Waals surface area contributed by atoms with Gasteiger partial charge in [-0.3, -0.25) is 14.4 Å². The van der Waals surface area contributed by atoms with Crippen LogP contribution in [0.2, 0.25) is 0 Å². The summed E-state index contributed by atoms with van der Waals surface area (Å²) in [5.74, 6) is -1.04. The molecule has 0 aromatic heterocycles. The number of carbonyl (C=O) groups is 4. The maximum Gasteiger partial charge on any atom is 0.318 e. The van der Waals surface area contributed by atoms with Crippen LogP contribution in [0.4, 0.5) is 4.79 Å². The van der Waals surface area contributed by atoms with E-state index in [0.29, 0.717) is 65.2 Å². The van der Waals surface area contributed by atoms with Gasteiger partial charge in [-0.15, -0.1) is 0 Å². The molecule has 7 N–H and O–H groups in total. The number of hydrogen-bond acceptors (Lipinski definition) is 7. The predicted octanol–water partition coefficient (Wildman–Crippen LogP) is 1.77. The molecule has 47 heavy (non-hydrogen) atoms. The summed E-state index contributed by atoms with van der Waals surface area (Å²) < 4.78 is 5.40. The van der Waals surface area contributed by atoms with E-state index >= 15 is 0 Å². The SMILES string of the molecule is CC(C)C[C@@H](NC(=O)[C@@H](Cc1ccccc1)NC(=O)N(CCN)Cc1ccccc1)C(=O)N[C@H](CCCCN)C(=O)N1CCOCC1. The third kappa shape index (κ3) is 13.0. The summed E-state index contributed by atoms with van der Waals surface area (Å²) in [5, 5.41) is 8.76. The van der Waals surface area contributed by atoms with Gasteiger partial charge in [0, 0.05) is 39.1 Å². The molecule has 0 spiro atoms. The van der Waals surface area contributed by atoms with Crippen molar-refractivity contribution < 1.29 is 23.9 Å². The van der Waals surface area contributed by atoms with Gasteiger partial charge in [-0.2, -0.15) is 0 Å². The highest BCUT2D eigenvalue weighted by Crippen LogP contribution is 2.12. The first-order chi connectivity index (χ1) is 22.7. The molecule has 0 saturated carbocycles. The minimum absolute atomic E-state index is 0.0600. The fourth-order valence-corrected chi connectivity index (χ4v) is 5.51. The van der Waals surface area contributed by atoms with Gasteiger partial charge in [0.25, 0.3) is 0 Å². The van der Waals surface area contributed by atoms with E-state index in [1.807, 2.05) is 74.5 Å². The molecule has 3 atom stereocenters. The smallest absolute Gasteiger partial charge is 0.318 e. The normalized spacial score (nSPS) is 15.0. The van der Waals surface area contributed by atoms with Crippen LogP contribution >= 0.6 is 0 Å². The van der Waals surface area contributed by atoms with Gasteiger partial charge >= 0.3 is 6.03 Å². The van der Waals surface area contributed by atoms with Crippen LogP contribution in [0, 0.1) is 5.92 Å². The number of nitrogens with one attached hydrogen (secondary N) is 3. The fourth-order valence-electron chi connectivity index (χ4n) is 5.51. The number of nitrogens with two attached hydrogens (primary N) is 2. The number of benzene rings is 2. The molecule has 12 nitrogen and oxygen atoms in total. The Bertz CT molecular complexity index is 1240. The van der Waals surface area contributed by atoms with Crippen molar-refractivity contribution in [1.82, 2.24) is 25.8 Å². The average Bonchev–Trinajstić information content (AvgIpc) is 3.07. The average molecular weight is 652 g/mol. The number of urea groups is 1. The van der Waals surface area contributed by atoms with Gasteiger partial charge in [-0.1, -0.05) is 74.5 Å². The number of morpholine rings is 1. The van der Waals surface area contributed by atoms with Crippen LogP contribution < -0.4 is 27.4 Å². The first-order valence-electron chi connectivity index (χ1n) is 16.7. The summed E-state index contributed by atoms with van der Waals surface area (Å²) in [6, 6.07) is 15.9. The van der Waals surface area contributed by atoms with Crippen molar-refractivity contribution in [1.29, 1.82) is 0 Å². The van der Waals surface area contributed by atoms with Crippen molar-refractivity contribution in [3.8, 4) is 0 Å². The van der Waals surface area contributed by atoms with E-state index in [-0.39, 0.29) is 24.8 Å². The van der Waals surface area contributed by atoms with Crippen LogP contribution in [0.1, 0.15) is 50.7 Å². The number of ether oxygens (including phenoxy) is 1. The summed E-state index contributed by atoms with van der Waals surface area (Å²) in [7, 11) is 0. The largest absolute Gasteiger partial charge is 0.378 e. The third-order valence-corrected chi connectivity index (χ3v) is 8.02. The van der Waals surface area contributed by atoms with Crippen molar-refractivity contribution in [3.63, 3.8) is 0 Å². The first kappa shape index (κ1) is 37.5. The molecule has 1 saturated heterocycles. The lowest BCUT2D eigenvalue weighted by atomic mass is 10.00. The molecule has 12 heteroatoms. The Balaban J connectivity index is 1.79. The summed E-state index contributed by atoms with van der Waals surface area (Å²) in [5.41, 5.74) is 13.3. The number of carbonyl (C=O) groups excluding carboxylic acids is 4. The summed E-state index contributed by atoms with van der Waals surface area (Å²) in [4.78, 5) is 58.0. The van der Waals surface area contributed by atoms with Crippen LogP contribution in [0.15, 0.2) is 60.7 Å². The highest BCUT2D eigenvalue weighted by molar-refractivity contribution is 5.94. The van der Waals surface area contributed by atoms with Crippen LogP contribution in [0.5, 0.6) is 0 Å². The molecule has 1 aliphatic heterocycles. The molecule has 0 bridgehead atoms. The zero-order chi connectivity index (χ0) is 34.0. The second-order valence-electron chi connectivity index (χ2n) is 12.4.